The van der Waals surface area contributed by atoms with Crippen molar-refractivity contribution in [2.45, 2.75) is 20.3 Å². The number of nitrogens with two attached hydrogens (primary N) is 1. The van der Waals surface area contributed by atoms with Crippen molar-refractivity contribution >= 4 is 18.2 Å². The first-order chi connectivity index (χ1) is 5.59. The van der Waals surface area contributed by atoms with E-state index in [4.69, 9.17) is 11.1 Å². The lowest BCUT2D eigenvalue weighted by molar-refractivity contribution is 1.21. The second-order valence-corrected chi connectivity index (χ2v) is 3.12. The van der Waals surface area contributed by atoms with Gasteiger partial charge in [-0.2, -0.15) is 0 Å². The third-order valence-corrected chi connectivity index (χ3v) is 1.97. The minimum atomic E-state index is 0. The van der Waals surface area contributed by atoms with Crippen LogP contribution in [0.2, 0.25) is 0 Å². The SMILES string of the molecule is Cc1ccc(CC(=N)N)cc1C.Cl. The summed E-state index contributed by atoms with van der Waals surface area (Å²) in [5.74, 6) is 0.221. The molecule has 1 aromatic carbocycles. The van der Waals surface area contributed by atoms with Gasteiger partial charge in [0.1, 0.15) is 0 Å². The van der Waals surface area contributed by atoms with Crippen molar-refractivity contribution < 1.29 is 0 Å². The van der Waals surface area contributed by atoms with E-state index in [0.717, 1.165) is 5.56 Å². The predicted octanol–water partition coefficient (Wildman–Crippen LogP) is 2.20. The Kier molecular flexibility index (Phi) is 4.49. The largest absolute Gasteiger partial charge is 0.387 e. The highest BCUT2D eigenvalue weighted by molar-refractivity contribution is 5.85. The Labute approximate surface area is 85.1 Å². The van der Waals surface area contributed by atoms with Crippen LogP contribution >= 0.6 is 12.4 Å². The fourth-order valence-electron chi connectivity index (χ4n) is 1.13. The van der Waals surface area contributed by atoms with Gasteiger partial charge >= 0.3 is 0 Å². The third kappa shape index (κ3) is 3.47. The number of hydrogen-bond acceptors (Lipinski definition) is 1. The molecule has 72 valence electrons. The van der Waals surface area contributed by atoms with Crippen molar-refractivity contribution in [2.75, 3.05) is 0 Å². The number of aryl methyl sites for hydroxylation is 2. The molecule has 0 radical (unpaired) electrons. The minimum absolute atomic E-state index is 0. The molecule has 0 aliphatic rings. The van der Waals surface area contributed by atoms with Gasteiger partial charge in [-0.05, 0) is 30.5 Å². The molecule has 3 heteroatoms. The van der Waals surface area contributed by atoms with Gasteiger partial charge in [-0.25, -0.2) is 0 Å². The highest BCUT2D eigenvalue weighted by atomic mass is 35.5. The van der Waals surface area contributed by atoms with Crippen LogP contribution in [0.4, 0.5) is 0 Å². The maximum Gasteiger partial charge on any atom is 0.0950 e. The molecule has 1 rings (SSSR count). The molecule has 2 nitrogen and oxygen atoms in total. The first kappa shape index (κ1) is 12.0. The molecule has 1 aromatic rings. The molecule has 0 saturated carbocycles. The average Bonchev–Trinajstić information content (AvgIpc) is 1.96. The van der Waals surface area contributed by atoms with Crippen LogP contribution in [0.1, 0.15) is 16.7 Å². The smallest absolute Gasteiger partial charge is 0.0950 e. The Bertz CT molecular complexity index is 308. The molecule has 0 aromatic heterocycles. The second kappa shape index (κ2) is 4.87. The van der Waals surface area contributed by atoms with E-state index in [-0.39, 0.29) is 18.2 Å². The quantitative estimate of drug-likeness (QED) is 0.556. The maximum atomic E-state index is 7.13. The van der Waals surface area contributed by atoms with Gasteiger partial charge < -0.3 is 5.73 Å². The zero-order valence-electron chi connectivity index (χ0n) is 7.92. The summed E-state index contributed by atoms with van der Waals surface area (Å²) >= 11 is 0. The van der Waals surface area contributed by atoms with E-state index < -0.39 is 0 Å². The Morgan fingerprint density at radius 1 is 1.31 bits per heavy atom. The standard InChI is InChI=1S/C10H14N2.ClH/c1-7-3-4-9(5-8(7)2)6-10(11)12;/h3-5H,6H2,1-2H3,(H3,11,12);1H. The van der Waals surface area contributed by atoms with Crippen LogP contribution in [0.25, 0.3) is 0 Å². The van der Waals surface area contributed by atoms with Gasteiger partial charge in [-0.15, -0.1) is 12.4 Å². The molecule has 0 heterocycles. The van der Waals surface area contributed by atoms with Crippen LogP contribution in [0, 0.1) is 19.3 Å². The molecule has 0 bridgehead atoms. The van der Waals surface area contributed by atoms with E-state index >= 15 is 0 Å². The molecule has 0 aliphatic heterocycles. The molecule has 0 atom stereocenters. The molecule has 0 amide bonds. The van der Waals surface area contributed by atoms with Gasteiger partial charge in [0.05, 0.1) is 5.84 Å². The van der Waals surface area contributed by atoms with Gasteiger partial charge in [0.15, 0.2) is 0 Å². The molecule has 0 saturated heterocycles. The number of rotatable bonds is 2. The molecular weight excluding hydrogens is 184 g/mol. The monoisotopic (exact) mass is 198 g/mol. The molecule has 3 N–H and O–H groups in total. The average molecular weight is 199 g/mol. The summed E-state index contributed by atoms with van der Waals surface area (Å²) in [6.07, 6.45) is 0.557. The van der Waals surface area contributed by atoms with E-state index in [9.17, 15) is 0 Å². The van der Waals surface area contributed by atoms with E-state index in [1.807, 2.05) is 6.07 Å². The van der Waals surface area contributed by atoms with Gasteiger partial charge in [0, 0.05) is 6.42 Å². The highest BCUT2D eigenvalue weighted by Crippen LogP contribution is 2.09. The number of halogens is 1. The fourth-order valence-corrected chi connectivity index (χ4v) is 1.13. The summed E-state index contributed by atoms with van der Waals surface area (Å²) in [4.78, 5) is 0. The summed E-state index contributed by atoms with van der Waals surface area (Å²) in [7, 11) is 0. The number of benzene rings is 1. The summed E-state index contributed by atoms with van der Waals surface area (Å²) in [5, 5.41) is 7.13. The molecule has 0 spiro atoms. The number of nitrogens with one attached hydrogen (secondary N) is 1. The van der Waals surface area contributed by atoms with Crippen molar-refractivity contribution in [1.82, 2.24) is 0 Å². The second-order valence-electron chi connectivity index (χ2n) is 3.12. The van der Waals surface area contributed by atoms with Crippen molar-refractivity contribution in [2.24, 2.45) is 5.73 Å². The van der Waals surface area contributed by atoms with Crippen molar-refractivity contribution in [3.05, 3.63) is 34.9 Å². The topological polar surface area (TPSA) is 49.9 Å². The van der Waals surface area contributed by atoms with Crippen LogP contribution in [0.15, 0.2) is 18.2 Å². The molecule has 0 aliphatic carbocycles. The summed E-state index contributed by atoms with van der Waals surface area (Å²) in [6.45, 7) is 4.14. The lowest BCUT2D eigenvalue weighted by Gasteiger charge is -2.03. The van der Waals surface area contributed by atoms with E-state index in [0.29, 0.717) is 6.42 Å². The molecule has 0 unspecified atom stereocenters. The number of amidine groups is 1. The zero-order chi connectivity index (χ0) is 9.14. The van der Waals surface area contributed by atoms with Gasteiger partial charge in [0.25, 0.3) is 0 Å². The molecule has 0 fully saturated rings. The van der Waals surface area contributed by atoms with Crippen LogP contribution in [-0.4, -0.2) is 5.84 Å². The van der Waals surface area contributed by atoms with Crippen LogP contribution < -0.4 is 5.73 Å². The first-order valence-electron chi connectivity index (χ1n) is 3.98. The summed E-state index contributed by atoms with van der Waals surface area (Å²) in [5.41, 5.74) is 8.95. The Morgan fingerprint density at radius 2 is 1.92 bits per heavy atom. The van der Waals surface area contributed by atoms with Crippen LogP contribution in [0.3, 0.4) is 0 Å². The van der Waals surface area contributed by atoms with Crippen LogP contribution in [0.5, 0.6) is 0 Å². The lowest BCUT2D eigenvalue weighted by Crippen LogP contribution is -2.12. The minimum Gasteiger partial charge on any atom is -0.387 e. The highest BCUT2D eigenvalue weighted by Gasteiger charge is 1.97. The first-order valence-corrected chi connectivity index (χ1v) is 3.98. The maximum absolute atomic E-state index is 7.13. The van der Waals surface area contributed by atoms with Gasteiger partial charge in [0.2, 0.25) is 0 Å². The van der Waals surface area contributed by atoms with Crippen molar-refractivity contribution in [3.8, 4) is 0 Å². The predicted molar refractivity (Wildman–Crippen MR) is 58.8 cm³/mol. The van der Waals surface area contributed by atoms with Gasteiger partial charge in [-0.1, -0.05) is 18.2 Å². The third-order valence-electron chi connectivity index (χ3n) is 1.97. The van der Waals surface area contributed by atoms with Crippen molar-refractivity contribution in [1.29, 1.82) is 5.41 Å². The lowest BCUT2D eigenvalue weighted by atomic mass is 10.0. The van der Waals surface area contributed by atoms with E-state index in [1.165, 1.54) is 11.1 Å². The Balaban J connectivity index is 0.00000144. The number of hydrogen-bond donors (Lipinski definition) is 2. The van der Waals surface area contributed by atoms with Crippen LogP contribution in [-0.2, 0) is 6.42 Å². The van der Waals surface area contributed by atoms with E-state index in [1.54, 1.807) is 0 Å². The Hall–Kier alpha value is -1.02. The fraction of sp³-hybridized carbons (Fsp3) is 0.300. The molecule has 13 heavy (non-hydrogen) atoms. The normalized spacial score (nSPS) is 9.08. The van der Waals surface area contributed by atoms with Crippen molar-refractivity contribution in [3.63, 3.8) is 0 Å². The Morgan fingerprint density at radius 3 is 2.38 bits per heavy atom. The zero-order valence-corrected chi connectivity index (χ0v) is 8.74. The summed E-state index contributed by atoms with van der Waals surface area (Å²) in [6, 6.07) is 6.16. The summed E-state index contributed by atoms with van der Waals surface area (Å²) < 4.78 is 0. The van der Waals surface area contributed by atoms with E-state index in [2.05, 4.69) is 26.0 Å². The molecular formula is C10H15ClN2. The van der Waals surface area contributed by atoms with Gasteiger partial charge in [-0.3, -0.25) is 5.41 Å².